The molecule has 3 heterocycles. The number of nitrogens with one attached hydrogen (secondary N) is 2. The summed E-state index contributed by atoms with van der Waals surface area (Å²) in [7, 11) is 0. The highest BCUT2D eigenvalue weighted by Crippen LogP contribution is 2.25. The van der Waals surface area contributed by atoms with Crippen LogP contribution >= 0.6 is 11.3 Å². The Hall–Kier alpha value is -1.97. The topological polar surface area (TPSA) is 87.8 Å². The van der Waals surface area contributed by atoms with Crippen molar-refractivity contribution in [3.05, 3.63) is 34.1 Å². The van der Waals surface area contributed by atoms with Crippen molar-refractivity contribution in [2.75, 3.05) is 39.4 Å². The molecule has 2 N–H and O–H groups in total. The zero-order chi connectivity index (χ0) is 18.2. The molecule has 1 aliphatic heterocycles. The molecule has 2 aromatic rings. The third kappa shape index (κ3) is 5.26. The van der Waals surface area contributed by atoms with Crippen molar-refractivity contribution >= 4 is 17.3 Å². The Labute approximate surface area is 157 Å². The second-order valence-corrected chi connectivity index (χ2v) is 6.97. The summed E-state index contributed by atoms with van der Waals surface area (Å²) in [6, 6.07) is 4.59. The Morgan fingerprint density at radius 3 is 2.88 bits per heavy atom. The van der Waals surface area contributed by atoms with Gasteiger partial charge in [0.15, 0.2) is 11.8 Å². The van der Waals surface area contributed by atoms with Gasteiger partial charge in [0.2, 0.25) is 5.89 Å². The first-order chi connectivity index (χ1) is 12.8. The maximum atomic E-state index is 5.50. The molecule has 26 heavy (non-hydrogen) atoms. The fraction of sp³-hybridized carbons (Fsp3) is 0.588. The van der Waals surface area contributed by atoms with Gasteiger partial charge >= 0.3 is 0 Å². The van der Waals surface area contributed by atoms with Crippen molar-refractivity contribution in [2.24, 2.45) is 4.99 Å². The predicted molar refractivity (Wildman–Crippen MR) is 101 cm³/mol. The average Bonchev–Trinajstić information content (AvgIpc) is 3.33. The van der Waals surface area contributed by atoms with Crippen molar-refractivity contribution < 1.29 is 9.26 Å². The summed E-state index contributed by atoms with van der Waals surface area (Å²) >= 11 is 1.79. The number of hydrogen-bond donors (Lipinski definition) is 2. The lowest BCUT2D eigenvalue weighted by molar-refractivity contribution is 0.0177. The molecular formula is C17H26N6O2S. The number of rotatable bonds is 7. The largest absolute Gasteiger partial charge is 0.379 e. The third-order valence-electron chi connectivity index (χ3n) is 4.11. The lowest BCUT2D eigenvalue weighted by atomic mass is 10.2. The Balaban J connectivity index is 1.64. The number of aromatic nitrogens is 2. The molecular weight excluding hydrogens is 352 g/mol. The molecule has 1 unspecified atom stereocenters. The van der Waals surface area contributed by atoms with Gasteiger partial charge in [-0.1, -0.05) is 11.2 Å². The summed E-state index contributed by atoms with van der Waals surface area (Å²) in [5.41, 5.74) is 0. The smallest absolute Gasteiger partial charge is 0.248 e. The van der Waals surface area contributed by atoms with E-state index in [2.05, 4.69) is 48.2 Å². The summed E-state index contributed by atoms with van der Waals surface area (Å²) in [5, 5.41) is 12.7. The van der Waals surface area contributed by atoms with Crippen molar-refractivity contribution in [3.63, 3.8) is 0 Å². The van der Waals surface area contributed by atoms with Crippen LogP contribution in [0.2, 0.25) is 0 Å². The molecule has 0 radical (unpaired) electrons. The maximum absolute atomic E-state index is 5.50. The molecule has 3 rings (SSSR count). The van der Waals surface area contributed by atoms with Crippen LogP contribution in [-0.4, -0.2) is 60.4 Å². The highest BCUT2D eigenvalue weighted by atomic mass is 32.1. The van der Waals surface area contributed by atoms with Crippen LogP contribution in [0.3, 0.4) is 0 Å². The zero-order valence-corrected chi connectivity index (χ0v) is 16.1. The van der Waals surface area contributed by atoms with E-state index in [1.807, 2.05) is 6.92 Å². The van der Waals surface area contributed by atoms with E-state index in [-0.39, 0.29) is 0 Å². The number of thiophene rings is 1. The van der Waals surface area contributed by atoms with Gasteiger partial charge < -0.3 is 19.9 Å². The molecule has 0 aliphatic carbocycles. The summed E-state index contributed by atoms with van der Waals surface area (Å²) in [5.74, 6) is 1.89. The summed E-state index contributed by atoms with van der Waals surface area (Å²) in [6.07, 6.45) is 0. The number of ether oxygens (including phenoxy) is 1. The van der Waals surface area contributed by atoms with Gasteiger partial charge in [0.25, 0.3) is 0 Å². The minimum Gasteiger partial charge on any atom is -0.379 e. The SMILES string of the molecule is CCNC(=NCc1nc(C)no1)NCC(c1cccs1)N1CCOCC1. The molecule has 9 heteroatoms. The van der Waals surface area contributed by atoms with Crippen LogP contribution in [-0.2, 0) is 11.3 Å². The summed E-state index contributed by atoms with van der Waals surface area (Å²) in [4.78, 5) is 12.6. The second-order valence-electron chi connectivity index (χ2n) is 5.99. The van der Waals surface area contributed by atoms with E-state index in [9.17, 15) is 0 Å². The fourth-order valence-electron chi connectivity index (χ4n) is 2.87. The number of hydrogen-bond acceptors (Lipinski definition) is 7. The van der Waals surface area contributed by atoms with Gasteiger partial charge in [0, 0.05) is 31.1 Å². The fourth-order valence-corrected chi connectivity index (χ4v) is 3.73. The molecule has 1 saturated heterocycles. The molecule has 1 aliphatic rings. The Kier molecular flexibility index (Phi) is 6.98. The van der Waals surface area contributed by atoms with Crippen molar-refractivity contribution in [1.29, 1.82) is 0 Å². The van der Waals surface area contributed by atoms with Crippen LogP contribution in [0.1, 0.15) is 29.6 Å². The monoisotopic (exact) mass is 378 g/mol. The molecule has 8 nitrogen and oxygen atoms in total. The van der Waals surface area contributed by atoms with Crippen molar-refractivity contribution in [1.82, 2.24) is 25.7 Å². The van der Waals surface area contributed by atoms with Crippen LogP contribution in [0.5, 0.6) is 0 Å². The Morgan fingerprint density at radius 1 is 1.38 bits per heavy atom. The van der Waals surface area contributed by atoms with E-state index in [0.29, 0.717) is 24.3 Å². The Bertz CT molecular complexity index is 681. The number of morpholine rings is 1. The molecule has 0 spiro atoms. The van der Waals surface area contributed by atoms with Crippen LogP contribution in [0, 0.1) is 6.92 Å². The van der Waals surface area contributed by atoms with Gasteiger partial charge in [-0.3, -0.25) is 4.90 Å². The minimum atomic E-state index is 0.299. The molecule has 1 atom stereocenters. The van der Waals surface area contributed by atoms with E-state index in [4.69, 9.17) is 9.26 Å². The van der Waals surface area contributed by atoms with Crippen LogP contribution in [0.15, 0.2) is 27.0 Å². The first-order valence-corrected chi connectivity index (χ1v) is 9.80. The van der Waals surface area contributed by atoms with Gasteiger partial charge in [-0.05, 0) is 25.3 Å². The standard InChI is InChI=1S/C17H26N6O2S/c1-3-18-17(20-12-16-21-13(2)22-25-16)19-11-14(15-5-4-10-26-15)23-6-8-24-9-7-23/h4-5,10,14H,3,6-9,11-12H2,1-2H3,(H2,18,19,20). The van der Waals surface area contributed by atoms with E-state index < -0.39 is 0 Å². The van der Waals surface area contributed by atoms with Crippen LogP contribution < -0.4 is 10.6 Å². The summed E-state index contributed by atoms with van der Waals surface area (Å²) in [6.45, 7) is 9.22. The van der Waals surface area contributed by atoms with E-state index >= 15 is 0 Å². The van der Waals surface area contributed by atoms with E-state index in [1.54, 1.807) is 18.3 Å². The molecule has 0 aromatic carbocycles. The van der Waals surface area contributed by atoms with Gasteiger partial charge in [0.05, 0.1) is 19.3 Å². The lowest BCUT2D eigenvalue weighted by Gasteiger charge is -2.34. The van der Waals surface area contributed by atoms with Crippen molar-refractivity contribution in [2.45, 2.75) is 26.4 Å². The first kappa shape index (κ1) is 18.8. The number of nitrogens with zero attached hydrogens (tertiary/aromatic N) is 4. The maximum Gasteiger partial charge on any atom is 0.248 e. The highest BCUT2D eigenvalue weighted by molar-refractivity contribution is 7.10. The molecule has 1 fully saturated rings. The van der Waals surface area contributed by atoms with Crippen LogP contribution in [0.25, 0.3) is 0 Å². The molecule has 142 valence electrons. The normalized spacial score (nSPS) is 17.2. The highest BCUT2D eigenvalue weighted by Gasteiger charge is 2.23. The first-order valence-electron chi connectivity index (χ1n) is 8.93. The van der Waals surface area contributed by atoms with Gasteiger partial charge in [0.1, 0.15) is 6.54 Å². The van der Waals surface area contributed by atoms with Gasteiger partial charge in [-0.25, -0.2) is 4.99 Å². The Morgan fingerprint density at radius 2 is 2.23 bits per heavy atom. The molecule has 0 amide bonds. The van der Waals surface area contributed by atoms with Gasteiger partial charge in [-0.2, -0.15) is 4.98 Å². The number of guanidine groups is 1. The molecule has 0 bridgehead atoms. The number of aryl methyl sites for hydroxylation is 1. The molecule has 2 aromatic heterocycles. The third-order valence-corrected chi connectivity index (χ3v) is 5.08. The zero-order valence-electron chi connectivity index (χ0n) is 15.3. The van der Waals surface area contributed by atoms with Crippen molar-refractivity contribution in [3.8, 4) is 0 Å². The van der Waals surface area contributed by atoms with Gasteiger partial charge in [-0.15, -0.1) is 11.3 Å². The average molecular weight is 379 g/mol. The summed E-state index contributed by atoms with van der Waals surface area (Å²) < 4.78 is 10.6. The minimum absolute atomic E-state index is 0.299. The predicted octanol–water partition coefficient (Wildman–Crippen LogP) is 1.57. The second kappa shape index (κ2) is 9.65. The van der Waals surface area contributed by atoms with Crippen LogP contribution in [0.4, 0.5) is 0 Å². The van der Waals surface area contributed by atoms with E-state index in [1.165, 1.54) is 4.88 Å². The molecule has 0 saturated carbocycles. The quantitative estimate of drug-likeness (QED) is 0.558. The number of aliphatic imine (C=N–C) groups is 1. The van der Waals surface area contributed by atoms with E-state index in [0.717, 1.165) is 45.4 Å². The lowest BCUT2D eigenvalue weighted by Crippen LogP contribution is -2.46.